The molecule has 0 bridgehead atoms. The van der Waals surface area contributed by atoms with Crippen molar-refractivity contribution in [3.8, 4) is 11.7 Å². The average Bonchev–Trinajstić information content (AvgIpc) is 3.12. The summed E-state index contributed by atoms with van der Waals surface area (Å²) in [5.41, 5.74) is 0.969. The van der Waals surface area contributed by atoms with E-state index in [4.69, 9.17) is 13.9 Å². The monoisotopic (exact) mass is 291 g/mol. The Balaban J connectivity index is 1.61. The van der Waals surface area contributed by atoms with Crippen LogP contribution in [0.15, 0.2) is 27.2 Å². The van der Waals surface area contributed by atoms with Crippen molar-refractivity contribution in [1.82, 2.24) is 14.8 Å². The normalized spacial score (nSPS) is 17.4. The van der Waals surface area contributed by atoms with Crippen molar-refractivity contribution in [2.75, 3.05) is 39.3 Å². The van der Waals surface area contributed by atoms with Crippen LogP contribution in [-0.2, 0) is 6.54 Å². The molecule has 3 rings (SSSR count). The van der Waals surface area contributed by atoms with Crippen molar-refractivity contribution >= 4 is 0 Å². The van der Waals surface area contributed by atoms with E-state index in [9.17, 15) is 0 Å². The molecule has 2 aromatic rings. The number of aliphatic hydroxyl groups is 1. The number of aryl methyl sites for hydroxylation is 1. The number of hydrogen-bond acceptors (Lipinski definition) is 6. The van der Waals surface area contributed by atoms with Crippen LogP contribution in [0.25, 0.3) is 11.7 Å². The third kappa shape index (κ3) is 3.34. The van der Waals surface area contributed by atoms with Crippen molar-refractivity contribution in [2.45, 2.75) is 13.5 Å². The fourth-order valence-electron chi connectivity index (χ4n) is 2.60. The lowest BCUT2D eigenvalue weighted by Gasteiger charge is -2.33. The maximum atomic E-state index is 8.96. The van der Waals surface area contributed by atoms with Gasteiger partial charge in [0.2, 0.25) is 0 Å². The maximum absolute atomic E-state index is 8.96. The van der Waals surface area contributed by atoms with Gasteiger partial charge in [0, 0.05) is 39.3 Å². The van der Waals surface area contributed by atoms with Crippen molar-refractivity contribution in [3.05, 3.63) is 29.9 Å². The molecule has 0 aromatic carbocycles. The summed E-state index contributed by atoms with van der Waals surface area (Å²) >= 11 is 0. The van der Waals surface area contributed by atoms with Gasteiger partial charge in [-0.2, -0.15) is 0 Å². The van der Waals surface area contributed by atoms with Gasteiger partial charge in [-0.15, -0.1) is 0 Å². The van der Waals surface area contributed by atoms with Crippen LogP contribution in [0.2, 0.25) is 0 Å². The second-order valence-electron chi connectivity index (χ2n) is 5.34. The molecule has 0 unspecified atom stereocenters. The molecule has 1 aliphatic heterocycles. The standard InChI is InChI=1S/C15H21N3O3/c1-12-13(16-15(21-12)14-3-2-10-20-14)11-18-6-4-17(5-7-18)8-9-19/h2-3,10,19H,4-9,11H2,1H3. The van der Waals surface area contributed by atoms with E-state index >= 15 is 0 Å². The first-order chi connectivity index (χ1) is 10.3. The summed E-state index contributed by atoms with van der Waals surface area (Å²) < 4.78 is 11.0. The van der Waals surface area contributed by atoms with Gasteiger partial charge >= 0.3 is 0 Å². The van der Waals surface area contributed by atoms with Crippen molar-refractivity contribution in [3.63, 3.8) is 0 Å². The summed E-state index contributed by atoms with van der Waals surface area (Å²) in [6.45, 7) is 7.68. The minimum absolute atomic E-state index is 0.231. The zero-order valence-corrected chi connectivity index (χ0v) is 12.3. The van der Waals surface area contributed by atoms with Crippen LogP contribution in [0, 0.1) is 6.92 Å². The molecule has 0 atom stereocenters. The number of aliphatic hydroxyl groups excluding tert-OH is 1. The van der Waals surface area contributed by atoms with Crippen LogP contribution in [0.4, 0.5) is 0 Å². The molecule has 0 radical (unpaired) electrons. The molecule has 2 aromatic heterocycles. The number of aromatic nitrogens is 1. The first-order valence-electron chi connectivity index (χ1n) is 7.32. The van der Waals surface area contributed by atoms with Gasteiger partial charge < -0.3 is 13.9 Å². The quantitative estimate of drug-likeness (QED) is 0.897. The van der Waals surface area contributed by atoms with Gasteiger partial charge in [0.1, 0.15) is 5.76 Å². The van der Waals surface area contributed by atoms with E-state index in [1.54, 1.807) is 6.26 Å². The van der Waals surface area contributed by atoms with E-state index in [0.29, 0.717) is 11.7 Å². The summed E-state index contributed by atoms with van der Waals surface area (Å²) in [6.07, 6.45) is 1.62. The predicted octanol–water partition coefficient (Wildman–Crippen LogP) is 1.35. The van der Waals surface area contributed by atoms with Crippen LogP contribution in [0.3, 0.4) is 0 Å². The number of nitrogens with zero attached hydrogens (tertiary/aromatic N) is 3. The third-order valence-electron chi connectivity index (χ3n) is 3.88. The smallest absolute Gasteiger partial charge is 0.263 e. The van der Waals surface area contributed by atoms with E-state index in [-0.39, 0.29) is 6.61 Å². The predicted molar refractivity (Wildman–Crippen MR) is 77.7 cm³/mol. The largest absolute Gasteiger partial charge is 0.459 e. The molecule has 0 spiro atoms. The molecular weight excluding hydrogens is 270 g/mol. The summed E-state index contributed by atoms with van der Waals surface area (Å²) in [5.74, 6) is 2.06. The molecule has 0 amide bonds. The molecule has 0 aliphatic carbocycles. The highest BCUT2D eigenvalue weighted by Crippen LogP contribution is 2.23. The Bertz CT molecular complexity index is 557. The molecule has 6 heteroatoms. The minimum Gasteiger partial charge on any atom is -0.459 e. The summed E-state index contributed by atoms with van der Waals surface area (Å²) in [5, 5.41) is 8.96. The van der Waals surface area contributed by atoms with E-state index in [1.165, 1.54) is 0 Å². The molecule has 1 aliphatic rings. The molecular formula is C15H21N3O3. The van der Waals surface area contributed by atoms with Gasteiger partial charge in [-0.1, -0.05) is 0 Å². The fraction of sp³-hybridized carbons (Fsp3) is 0.533. The molecule has 1 fully saturated rings. The van der Waals surface area contributed by atoms with Gasteiger partial charge in [0.15, 0.2) is 5.76 Å². The number of piperazine rings is 1. The van der Waals surface area contributed by atoms with Crippen LogP contribution in [0.5, 0.6) is 0 Å². The van der Waals surface area contributed by atoms with Gasteiger partial charge in [-0.3, -0.25) is 9.80 Å². The van der Waals surface area contributed by atoms with Gasteiger partial charge in [0.05, 0.1) is 18.6 Å². The van der Waals surface area contributed by atoms with E-state index in [0.717, 1.165) is 50.7 Å². The molecule has 0 saturated carbocycles. The number of oxazole rings is 1. The summed E-state index contributed by atoms with van der Waals surface area (Å²) in [4.78, 5) is 9.19. The average molecular weight is 291 g/mol. The Morgan fingerprint density at radius 1 is 1.24 bits per heavy atom. The Hall–Kier alpha value is -1.63. The highest BCUT2D eigenvalue weighted by atomic mass is 16.4. The lowest BCUT2D eigenvalue weighted by molar-refractivity contribution is 0.107. The number of furan rings is 1. The number of hydrogen-bond donors (Lipinski definition) is 1. The van der Waals surface area contributed by atoms with Crippen molar-refractivity contribution in [2.24, 2.45) is 0 Å². The third-order valence-corrected chi connectivity index (χ3v) is 3.88. The van der Waals surface area contributed by atoms with Gasteiger partial charge in [-0.25, -0.2) is 4.98 Å². The zero-order chi connectivity index (χ0) is 14.7. The maximum Gasteiger partial charge on any atom is 0.263 e. The summed E-state index contributed by atoms with van der Waals surface area (Å²) in [6, 6.07) is 3.68. The highest BCUT2D eigenvalue weighted by Gasteiger charge is 2.20. The first-order valence-corrected chi connectivity index (χ1v) is 7.32. The number of β-amino-alcohol motifs (C(OH)–C–C–N with tert-alkyl or cyclic N) is 1. The number of rotatable bonds is 5. The SMILES string of the molecule is Cc1oc(-c2ccco2)nc1CN1CCN(CCO)CC1. The Kier molecular flexibility index (Phi) is 4.38. The second kappa shape index (κ2) is 6.43. The van der Waals surface area contributed by atoms with Gasteiger partial charge in [0.25, 0.3) is 5.89 Å². The van der Waals surface area contributed by atoms with E-state index in [2.05, 4.69) is 14.8 Å². The molecule has 3 heterocycles. The Morgan fingerprint density at radius 3 is 2.67 bits per heavy atom. The van der Waals surface area contributed by atoms with E-state index < -0.39 is 0 Å². The van der Waals surface area contributed by atoms with E-state index in [1.807, 2.05) is 19.1 Å². The van der Waals surface area contributed by atoms with Crippen molar-refractivity contribution < 1.29 is 13.9 Å². The van der Waals surface area contributed by atoms with Gasteiger partial charge in [-0.05, 0) is 19.1 Å². The Morgan fingerprint density at radius 2 is 2.00 bits per heavy atom. The van der Waals surface area contributed by atoms with Crippen LogP contribution in [-0.4, -0.2) is 59.2 Å². The molecule has 1 saturated heterocycles. The highest BCUT2D eigenvalue weighted by molar-refractivity contribution is 5.44. The zero-order valence-electron chi connectivity index (χ0n) is 12.3. The fourth-order valence-corrected chi connectivity index (χ4v) is 2.60. The Labute approximate surface area is 124 Å². The molecule has 21 heavy (non-hydrogen) atoms. The first kappa shape index (κ1) is 14.3. The lowest BCUT2D eigenvalue weighted by atomic mass is 10.2. The summed E-state index contributed by atoms with van der Waals surface area (Å²) in [7, 11) is 0. The van der Waals surface area contributed by atoms with Crippen LogP contribution < -0.4 is 0 Å². The van der Waals surface area contributed by atoms with Crippen LogP contribution in [0.1, 0.15) is 11.5 Å². The molecule has 114 valence electrons. The minimum atomic E-state index is 0.231. The second-order valence-corrected chi connectivity index (χ2v) is 5.34. The molecule has 1 N–H and O–H groups in total. The van der Waals surface area contributed by atoms with Crippen molar-refractivity contribution in [1.29, 1.82) is 0 Å². The lowest BCUT2D eigenvalue weighted by Crippen LogP contribution is -2.46. The topological polar surface area (TPSA) is 65.9 Å². The molecule has 6 nitrogen and oxygen atoms in total. The van der Waals surface area contributed by atoms with Crippen LogP contribution >= 0.6 is 0 Å².